The first kappa shape index (κ1) is 17.7. The Morgan fingerprint density at radius 1 is 1.35 bits per heavy atom. The lowest BCUT2D eigenvalue weighted by Crippen LogP contribution is -2.44. The smallest absolute Gasteiger partial charge is 0.321 e. The van der Waals surface area contributed by atoms with Crippen LogP contribution in [0.5, 0.6) is 5.75 Å². The molecule has 1 aliphatic rings. The second-order valence-corrected chi connectivity index (χ2v) is 7.29. The van der Waals surface area contributed by atoms with E-state index in [9.17, 15) is 18.3 Å². The highest BCUT2D eigenvalue weighted by Crippen LogP contribution is 2.20. The monoisotopic (exact) mass is 342 g/mol. The van der Waals surface area contributed by atoms with Crippen LogP contribution >= 0.6 is 0 Å². The second-order valence-electron chi connectivity index (χ2n) is 5.36. The average Bonchev–Trinajstić information content (AvgIpc) is 3.02. The number of benzene rings is 1. The van der Waals surface area contributed by atoms with Crippen molar-refractivity contribution in [1.82, 2.24) is 8.61 Å². The zero-order valence-corrected chi connectivity index (χ0v) is 14.0. The van der Waals surface area contributed by atoms with Gasteiger partial charge in [0.25, 0.3) is 10.2 Å². The molecule has 1 N–H and O–H groups in total. The third kappa shape index (κ3) is 4.66. The van der Waals surface area contributed by atoms with Crippen LogP contribution in [0.1, 0.15) is 25.3 Å². The summed E-state index contributed by atoms with van der Waals surface area (Å²) in [6, 6.07) is 6.33. The van der Waals surface area contributed by atoms with E-state index in [1.165, 1.54) is 16.4 Å². The normalized spacial score (nSPS) is 15.9. The van der Waals surface area contributed by atoms with Gasteiger partial charge in [0.1, 0.15) is 12.3 Å². The van der Waals surface area contributed by atoms with Crippen molar-refractivity contribution in [3.63, 3.8) is 0 Å². The van der Waals surface area contributed by atoms with Crippen LogP contribution in [0.3, 0.4) is 0 Å². The van der Waals surface area contributed by atoms with Crippen molar-refractivity contribution >= 4 is 16.2 Å². The molecule has 2 rings (SSSR count). The third-order valence-corrected chi connectivity index (χ3v) is 5.53. The van der Waals surface area contributed by atoms with Crippen LogP contribution < -0.4 is 0 Å². The molecule has 23 heavy (non-hydrogen) atoms. The van der Waals surface area contributed by atoms with Crippen LogP contribution in [0.4, 0.5) is 0 Å². The molecule has 128 valence electrons. The summed E-state index contributed by atoms with van der Waals surface area (Å²) < 4.78 is 32.9. The molecule has 0 saturated carbocycles. The van der Waals surface area contributed by atoms with Crippen molar-refractivity contribution in [2.45, 2.75) is 26.3 Å². The molecule has 0 atom stereocenters. The molecule has 1 fully saturated rings. The summed E-state index contributed by atoms with van der Waals surface area (Å²) in [6.07, 6.45) is 1.64. The lowest BCUT2D eigenvalue weighted by Gasteiger charge is -2.26. The number of aromatic hydroxyl groups is 1. The summed E-state index contributed by atoms with van der Waals surface area (Å²) in [5, 5.41) is 9.54. The first-order valence-corrected chi connectivity index (χ1v) is 9.02. The van der Waals surface area contributed by atoms with Gasteiger partial charge < -0.3 is 9.84 Å². The number of nitrogens with zero attached hydrogens (tertiary/aromatic N) is 2. The lowest BCUT2D eigenvalue weighted by molar-refractivity contribution is -0.143. The van der Waals surface area contributed by atoms with Gasteiger partial charge in [-0.1, -0.05) is 12.1 Å². The summed E-state index contributed by atoms with van der Waals surface area (Å²) in [7, 11) is -3.74. The summed E-state index contributed by atoms with van der Waals surface area (Å²) in [4.78, 5) is 11.8. The van der Waals surface area contributed by atoms with E-state index in [4.69, 9.17) is 4.74 Å². The van der Waals surface area contributed by atoms with Gasteiger partial charge in [0.05, 0.1) is 6.61 Å². The number of phenols is 1. The summed E-state index contributed by atoms with van der Waals surface area (Å²) in [5.41, 5.74) is 0.608. The lowest BCUT2D eigenvalue weighted by atomic mass is 10.2. The number of carbonyl (C=O) groups is 1. The summed E-state index contributed by atoms with van der Waals surface area (Å²) in [5.74, 6) is -0.535. The SMILES string of the molecule is CCOC(=O)CN(Cc1cccc(O)c1)S(=O)(=O)N1CCCC1. The number of hydrogen-bond donors (Lipinski definition) is 1. The van der Waals surface area contributed by atoms with E-state index in [-0.39, 0.29) is 25.4 Å². The third-order valence-electron chi connectivity index (χ3n) is 3.60. The number of hydrogen-bond acceptors (Lipinski definition) is 5. The predicted molar refractivity (Wildman–Crippen MR) is 84.9 cm³/mol. The quantitative estimate of drug-likeness (QED) is 0.750. The van der Waals surface area contributed by atoms with Crippen molar-refractivity contribution < 1.29 is 23.1 Å². The molecule has 0 bridgehead atoms. The Balaban J connectivity index is 2.21. The minimum atomic E-state index is -3.74. The Hall–Kier alpha value is -1.64. The van der Waals surface area contributed by atoms with Crippen molar-refractivity contribution in [3.05, 3.63) is 29.8 Å². The van der Waals surface area contributed by atoms with E-state index in [2.05, 4.69) is 0 Å². The molecule has 1 aromatic rings. The standard InChI is InChI=1S/C15H22N2O5S/c1-2-22-15(19)12-17(11-13-6-5-7-14(18)10-13)23(20,21)16-8-3-4-9-16/h5-7,10,18H,2-4,8-9,11-12H2,1H3. The maximum Gasteiger partial charge on any atom is 0.321 e. The second kappa shape index (κ2) is 7.76. The largest absolute Gasteiger partial charge is 0.508 e. The zero-order chi connectivity index (χ0) is 16.9. The highest BCUT2D eigenvalue weighted by atomic mass is 32.2. The molecule has 0 unspecified atom stereocenters. The Kier molecular flexibility index (Phi) is 5.97. The van der Waals surface area contributed by atoms with Gasteiger partial charge in [0.15, 0.2) is 0 Å². The van der Waals surface area contributed by atoms with E-state index in [0.29, 0.717) is 18.7 Å². The number of phenolic OH excluding ortho intramolecular Hbond substituents is 1. The molecule has 1 heterocycles. The number of ether oxygens (including phenoxy) is 1. The van der Waals surface area contributed by atoms with Crippen molar-refractivity contribution in [3.8, 4) is 5.75 Å². The van der Waals surface area contributed by atoms with Gasteiger partial charge in [-0.05, 0) is 37.5 Å². The van der Waals surface area contributed by atoms with Gasteiger partial charge in [0.2, 0.25) is 0 Å². The molecule has 1 saturated heterocycles. The topological polar surface area (TPSA) is 87.1 Å². The van der Waals surface area contributed by atoms with E-state index < -0.39 is 16.2 Å². The Morgan fingerprint density at radius 3 is 2.65 bits per heavy atom. The van der Waals surface area contributed by atoms with Gasteiger partial charge in [-0.3, -0.25) is 4.79 Å². The van der Waals surface area contributed by atoms with E-state index in [0.717, 1.165) is 17.1 Å². The van der Waals surface area contributed by atoms with Crippen LogP contribution in [-0.4, -0.2) is 54.3 Å². The molecule has 0 amide bonds. The average molecular weight is 342 g/mol. The number of rotatable bonds is 7. The molecule has 1 aliphatic heterocycles. The summed E-state index contributed by atoms with van der Waals surface area (Å²) in [6.45, 7) is 2.45. The Bertz CT molecular complexity index is 641. The minimum absolute atomic E-state index is 0.00600. The number of esters is 1. The van der Waals surface area contributed by atoms with Crippen molar-refractivity contribution in [2.75, 3.05) is 26.2 Å². The van der Waals surface area contributed by atoms with E-state index in [1.807, 2.05) is 0 Å². The molecule has 0 aromatic heterocycles. The Labute approximate surface area is 136 Å². The Morgan fingerprint density at radius 2 is 2.04 bits per heavy atom. The maximum absolute atomic E-state index is 12.7. The first-order chi connectivity index (χ1) is 10.9. The van der Waals surface area contributed by atoms with Crippen LogP contribution in [0.2, 0.25) is 0 Å². The van der Waals surface area contributed by atoms with Gasteiger partial charge >= 0.3 is 5.97 Å². The zero-order valence-electron chi connectivity index (χ0n) is 13.1. The summed E-state index contributed by atoms with van der Waals surface area (Å²) >= 11 is 0. The molecule has 8 heteroatoms. The van der Waals surface area contributed by atoms with Crippen LogP contribution in [0, 0.1) is 0 Å². The molecule has 0 spiro atoms. The molecule has 1 aromatic carbocycles. The highest BCUT2D eigenvalue weighted by Gasteiger charge is 2.33. The van der Waals surface area contributed by atoms with Gasteiger partial charge in [0, 0.05) is 19.6 Å². The highest BCUT2D eigenvalue weighted by molar-refractivity contribution is 7.86. The van der Waals surface area contributed by atoms with Gasteiger partial charge in [-0.2, -0.15) is 17.0 Å². The van der Waals surface area contributed by atoms with Crippen molar-refractivity contribution in [2.24, 2.45) is 0 Å². The van der Waals surface area contributed by atoms with E-state index >= 15 is 0 Å². The van der Waals surface area contributed by atoms with Gasteiger partial charge in [-0.25, -0.2) is 0 Å². The van der Waals surface area contributed by atoms with Crippen LogP contribution in [0.15, 0.2) is 24.3 Å². The van der Waals surface area contributed by atoms with Crippen LogP contribution in [-0.2, 0) is 26.3 Å². The fraction of sp³-hybridized carbons (Fsp3) is 0.533. The van der Waals surface area contributed by atoms with Gasteiger partial charge in [-0.15, -0.1) is 0 Å². The minimum Gasteiger partial charge on any atom is -0.508 e. The molecule has 0 radical (unpaired) electrons. The molecule has 7 nitrogen and oxygen atoms in total. The predicted octanol–water partition coefficient (Wildman–Crippen LogP) is 1.10. The fourth-order valence-electron chi connectivity index (χ4n) is 2.51. The van der Waals surface area contributed by atoms with Crippen molar-refractivity contribution in [1.29, 1.82) is 0 Å². The molecular formula is C15H22N2O5S. The molecule has 0 aliphatic carbocycles. The first-order valence-electron chi connectivity index (χ1n) is 7.62. The fourth-order valence-corrected chi connectivity index (χ4v) is 4.14. The van der Waals surface area contributed by atoms with E-state index in [1.54, 1.807) is 19.1 Å². The maximum atomic E-state index is 12.7. The number of carbonyl (C=O) groups excluding carboxylic acids is 1. The molecular weight excluding hydrogens is 320 g/mol. The van der Waals surface area contributed by atoms with Crippen LogP contribution in [0.25, 0.3) is 0 Å².